The maximum absolute atomic E-state index is 7.34. The molecule has 0 aliphatic carbocycles. The van der Waals surface area contributed by atoms with Crippen LogP contribution in [0.25, 0.3) is 0 Å². The number of nitrogens with zero attached hydrogens (tertiary/aromatic N) is 1. The van der Waals surface area contributed by atoms with Crippen LogP contribution in [0.1, 0.15) is 13.3 Å². The van der Waals surface area contributed by atoms with E-state index in [-0.39, 0.29) is 0 Å². The van der Waals surface area contributed by atoms with Gasteiger partial charge < -0.3 is 4.90 Å². The molecular weight excluding hydrogens is 126 g/mol. The van der Waals surface area contributed by atoms with E-state index >= 15 is 0 Å². The zero-order valence-electron chi connectivity index (χ0n) is 6.28. The molecule has 0 radical (unpaired) electrons. The van der Waals surface area contributed by atoms with Crippen LogP contribution in [0.4, 0.5) is 0 Å². The van der Waals surface area contributed by atoms with Gasteiger partial charge >= 0.3 is 0 Å². The molecule has 0 amide bonds. The Morgan fingerprint density at radius 2 is 2.50 bits per heavy atom. The second kappa shape index (κ2) is 2.84. The van der Waals surface area contributed by atoms with Gasteiger partial charge in [0.05, 0.1) is 12.5 Å². The Morgan fingerprint density at radius 3 is 2.90 bits per heavy atom. The fraction of sp³-hybridized carbons (Fsp3) is 0.571. The van der Waals surface area contributed by atoms with Crippen molar-refractivity contribution in [3.63, 3.8) is 0 Å². The second-order valence-corrected chi connectivity index (χ2v) is 2.49. The standard InChI is InChI=1S/C7H13N3/c1-6-3-4-9-5-10(6)7(2)8/h8-9H,1,3-5H2,2H3. The van der Waals surface area contributed by atoms with Gasteiger partial charge in [-0.1, -0.05) is 6.58 Å². The molecule has 1 rings (SSSR count). The Bertz CT molecular complexity index is 162. The maximum Gasteiger partial charge on any atom is 0.0978 e. The molecule has 10 heavy (non-hydrogen) atoms. The number of hydrogen-bond donors (Lipinski definition) is 2. The van der Waals surface area contributed by atoms with Crippen molar-refractivity contribution in [1.29, 1.82) is 5.41 Å². The van der Waals surface area contributed by atoms with Crippen molar-refractivity contribution in [2.24, 2.45) is 0 Å². The summed E-state index contributed by atoms with van der Waals surface area (Å²) in [6.45, 7) is 7.37. The number of nitrogens with one attached hydrogen (secondary N) is 2. The van der Waals surface area contributed by atoms with Crippen molar-refractivity contribution in [3.8, 4) is 0 Å². The first-order chi connectivity index (χ1) is 4.72. The molecule has 2 N–H and O–H groups in total. The van der Waals surface area contributed by atoms with E-state index < -0.39 is 0 Å². The number of hydrogen-bond acceptors (Lipinski definition) is 2. The van der Waals surface area contributed by atoms with Crippen molar-refractivity contribution in [2.75, 3.05) is 13.2 Å². The molecule has 0 unspecified atom stereocenters. The fourth-order valence-electron chi connectivity index (χ4n) is 1.03. The Hall–Kier alpha value is -0.830. The molecule has 3 nitrogen and oxygen atoms in total. The highest BCUT2D eigenvalue weighted by atomic mass is 15.3. The highest BCUT2D eigenvalue weighted by Crippen LogP contribution is 2.08. The molecule has 1 aliphatic heterocycles. The summed E-state index contributed by atoms with van der Waals surface area (Å²) in [6, 6.07) is 0. The maximum atomic E-state index is 7.34. The summed E-state index contributed by atoms with van der Waals surface area (Å²) in [7, 11) is 0. The van der Waals surface area contributed by atoms with Crippen molar-refractivity contribution in [2.45, 2.75) is 13.3 Å². The van der Waals surface area contributed by atoms with Gasteiger partial charge in [-0.25, -0.2) is 0 Å². The van der Waals surface area contributed by atoms with Crippen molar-refractivity contribution >= 4 is 5.84 Å². The zero-order valence-corrected chi connectivity index (χ0v) is 6.28. The molecule has 1 heterocycles. The van der Waals surface area contributed by atoms with E-state index in [0.717, 1.165) is 25.3 Å². The average Bonchev–Trinajstić information content (AvgIpc) is 1.88. The monoisotopic (exact) mass is 139 g/mol. The molecule has 0 saturated carbocycles. The van der Waals surface area contributed by atoms with E-state index in [0.29, 0.717) is 5.84 Å². The summed E-state index contributed by atoms with van der Waals surface area (Å²) >= 11 is 0. The van der Waals surface area contributed by atoms with E-state index in [1.807, 2.05) is 4.90 Å². The summed E-state index contributed by atoms with van der Waals surface area (Å²) < 4.78 is 0. The average molecular weight is 139 g/mol. The van der Waals surface area contributed by atoms with Crippen LogP contribution in [0.3, 0.4) is 0 Å². The van der Waals surface area contributed by atoms with Gasteiger partial charge in [-0.05, 0) is 13.3 Å². The summed E-state index contributed by atoms with van der Waals surface area (Å²) in [6.07, 6.45) is 0.955. The van der Waals surface area contributed by atoms with Gasteiger partial charge in [-0.3, -0.25) is 10.7 Å². The topological polar surface area (TPSA) is 39.1 Å². The first-order valence-corrected chi connectivity index (χ1v) is 3.43. The predicted octanol–water partition coefficient (Wildman–Crippen LogP) is 0.750. The quantitative estimate of drug-likeness (QED) is 0.384. The first-order valence-electron chi connectivity index (χ1n) is 3.43. The fourth-order valence-corrected chi connectivity index (χ4v) is 1.03. The molecule has 1 fully saturated rings. The van der Waals surface area contributed by atoms with Crippen LogP contribution in [0.2, 0.25) is 0 Å². The summed E-state index contributed by atoms with van der Waals surface area (Å²) in [5, 5.41) is 10.5. The number of rotatable bonds is 0. The summed E-state index contributed by atoms with van der Waals surface area (Å²) in [4.78, 5) is 1.88. The van der Waals surface area contributed by atoms with Crippen LogP contribution < -0.4 is 5.32 Å². The third kappa shape index (κ3) is 1.36. The van der Waals surface area contributed by atoms with Gasteiger partial charge in [0.15, 0.2) is 0 Å². The SMILES string of the molecule is C=C1CCNCN1C(C)=N. The van der Waals surface area contributed by atoms with Crippen LogP contribution in [0.5, 0.6) is 0 Å². The molecule has 3 heteroatoms. The van der Waals surface area contributed by atoms with Gasteiger partial charge in [-0.2, -0.15) is 0 Å². The lowest BCUT2D eigenvalue weighted by atomic mass is 10.2. The molecule has 0 atom stereocenters. The lowest BCUT2D eigenvalue weighted by Gasteiger charge is -2.30. The van der Waals surface area contributed by atoms with Gasteiger partial charge in [-0.15, -0.1) is 0 Å². The third-order valence-corrected chi connectivity index (χ3v) is 1.65. The number of amidine groups is 1. The summed E-state index contributed by atoms with van der Waals surface area (Å²) in [5.74, 6) is 0.567. The van der Waals surface area contributed by atoms with Gasteiger partial charge in [0.1, 0.15) is 0 Å². The largest absolute Gasteiger partial charge is 0.322 e. The molecule has 1 aliphatic rings. The minimum atomic E-state index is 0.567. The first kappa shape index (κ1) is 7.28. The van der Waals surface area contributed by atoms with Crippen LogP contribution in [-0.2, 0) is 0 Å². The Balaban J connectivity index is 2.56. The molecule has 0 aromatic rings. The molecule has 0 aromatic carbocycles. The zero-order chi connectivity index (χ0) is 7.56. The molecule has 0 spiro atoms. The minimum Gasteiger partial charge on any atom is -0.322 e. The normalized spacial score (nSPS) is 19.3. The van der Waals surface area contributed by atoms with Crippen molar-refractivity contribution < 1.29 is 0 Å². The van der Waals surface area contributed by atoms with E-state index in [2.05, 4.69) is 11.9 Å². The molecule has 56 valence electrons. The van der Waals surface area contributed by atoms with E-state index in [1.165, 1.54) is 0 Å². The highest BCUT2D eigenvalue weighted by Gasteiger charge is 2.12. The lowest BCUT2D eigenvalue weighted by Crippen LogP contribution is -2.41. The third-order valence-electron chi connectivity index (χ3n) is 1.65. The Kier molecular flexibility index (Phi) is 2.06. The predicted molar refractivity (Wildman–Crippen MR) is 41.9 cm³/mol. The Labute approximate surface area is 61.2 Å². The van der Waals surface area contributed by atoms with Crippen LogP contribution in [0, 0.1) is 5.41 Å². The van der Waals surface area contributed by atoms with Crippen LogP contribution >= 0.6 is 0 Å². The van der Waals surface area contributed by atoms with Crippen LogP contribution in [-0.4, -0.2) is 23.9 Å². The minimum absolute atomic E-state index is 0.567. The lowest BCUT2D eigenvalue weighted by molar-refractivity contribution is 0.388. The Morgan fingerprint density at radius 1 is 1.80 bits per heavy atom. The van der Waals surface area contributed by atoms with Crippen LogP contribution in [0.15, 0.2) is 12.3 Å². The summed E-state index contributed by atoms with van der Waals surface area (Å²) in [5.41, 5.74) is 1.05. The van der Waals surface area contributed by atoms with E-state index in [4.69, 9.17) is 5.41 Å². The van der Waals surface area contributed by atoms with E-state index in [1.54, 1.807) is 6.92 Å². The van der Waals surface area contributed by atoms with Crippen molar-refractivity contribution in [3.05, 3.63) is 12.3 Å². The molecular formula is C7H13N3. The smallest absolute Gasteiger partial charge is 0.0978 e. The van der Waals surface area contributed by atoms with Gasteiger partial charge in [0, 0.05) is 12.2 Å². The molecule has 0 aromatic heterocycles. The van der Waals surface area contributed by atoms with Gasteiger partial charge in [0.25, 0.3) is 0 Å². The van der Waals surface area contributed by atoms with Gasteiger partial charge in [0.2, 0.25) is 0 Å². The molecule has 0 bridgehead atoms. The van der Waals surface area contributed by atoms with E-state index in [9.17, 15) is 0 Å². The second-order valence-electron chi connectivity index (χ2n) is 2.49. The molecule has 1 saturated heterocycles. The highest BCUT2D eigenvalue weighted by molar-refractivity contribution is 5.78. The van der Waals surface area contributed by atoms with Crippen molar-refractivity contribution in [1.82, 2.24) is 10.2 Å².